The van der Waals surface area contributed by atoms with Crippen LogP contribution in [0.15, 0.2) is 103 Å². The molecule has 55 heavy (non-hydrogen) atoms. The first-order valence-corrected chi connectivity index (χ1v) is 20.3. The van der Waals surface area contributed by atoms with Gasteiger partial charge in [0.25, 0.3) is 0 Å². The number of anilines is 3. The number of fused-ring (bicyclic) bond motifs is 1. The van der Waals surface area contributed by atoms with E-state index in [4.69, 9.17) is 0 Å². The van der Waals surface area contributed by atoms with Crippen molar-refractivity contribution in [1.82, 2.24) is 15.1 Å². The Hall–Kier alpha value is -4.99. The summed E-state index contributed by atoms with van der Waals surface area (Å²) in [7, 11) is 1.81. The lowest BCUT2D eigenvalue weighted by Crippen LogP contribution is -2.51. The molecule has 0 spiro atoms. The minimum Gasteiger partial charge on any atom is -0.374 e. The van der Waals surface area contributed by atoms with Crippen molar-refractivity contribution in [3.05, 3.63) is 125 Å². The molecule has 2 N–H and O–H groups in total. The number of aryl methyl sites for hydroxylation is 1. The van der Waals surface area contributed by atoms with Gasteiger partial charge in [0.05, 0.1) is 6.54 Å². The van der Waals surface area contributed by atoms with Crippen LogP contribution in [0.4, 0.5) is 17.1 Å². The lowest BCUT2D eigenvalue weighted by atomic mass is 9.69. The molecule has 1 aliphatic carbocycles. The van der Waals surface area contributed by atoms with Crippen molar-refractivity contribution < 1.29 is 14.4 Å². The van der Waals surface area contributed by atoms with Crippen molar-refractivity contribution in [3.63, 3.8) is 0 Å². The third-order valence-electron chi connectivity index (χ3n) is 12.5. The van der Waals surface area contributed by atoms with Gasteiger partial charge in [-0.15, -0.1) is 0 Å². The molecule has 286 valence electrons. The molecule has 3 heterocycles. The first kappa shape index (κ1) is 37.0. The van der Waals surface area contributed by atoms with E-state index in [0.717, 1.165) is 63.6 Å². The fourth-order valence-electron chi connectivity index (χ4n) is 9.27. The van der Waals surface area contributed by atoms with Crippen LogP contribution in [0.5, 0.6) is 0 Å². The van der Waals surface area contributed by atoms with Crippen molar-refractivity contribution in [2.24, 2.45) is 5.92 Å². The predicted octanol–water partition coefficient (Wildman–Crippen LogP) is 6.26. The van der Waals surface area contributed by atoms with Gasteiger partial charge in [0, 0.05) is 82.3 Å². The van der Waals surface area contributed by atoms with Crippen molar-refractivity contribution in [1.29, 1.82) is 0 Å². The molecule has 0 aromatic heterocycles. The third kappa shape index (κ3) is 8.63. The molecule has 3 aliphatic heterocycles. The van der Waals surface area contributed by atoms with E-state index in [1.54, 1.807) is 4.90 Å². The number of nitrogens with zero attached hydrogens (tertiary/aromatic N) is 4. The molecule has 3 fully saturated rings. The molecule has 3 saturated heterocycles. The van der Waals surface area contributed by atoms with Crippen LogP contribution < -0.4 is 20.4 Å². The molecule has 0 saturated carbocycles. The van der Waals surface area contributed by atoms with E-state index in [9.17, 15) is 14.4 Å². The van der Waals surface area contributed by atoms with E-state index >= 15 is 0 Å². The number of carbonyl (C=O) groups excluding carboxylic acids is 3. The Balaban J connectivity index is 0.793. The normalized spacial score (nSPS) is 22.5. The number of nitrogens with one attached hydrogen (secondary N) is 2. The molecule has 8 rings (SSSR count). The molecule has 0 radical (unpaired) electrons. The lowest BCUT2D eigenvalue weighted by molar-refractivity contribution is -0.133. The number of carbonyl (C=O) groups is 3. The highest BCUT2D eigenvalue weighted by molar-refractivity contribution is 6.01. The van der Waals surface area contributed by atoms with Gasteiger partial charge in [-0.2, -0.15) is 0 Å². The second-order valence-electron chi connectivity index (χ2n) is 16.0. The maximum absolute atomic E-state index is 13.3. The summed E-state index contributed by atoms with van der Waals surface area (Å²) >= 11 is 0. The summed E-state index contributed by atoms with van der Waals surface area (Å²) in [6.45, 7) is 7.44. The predicted molar refractivity (Wildman–Crippen MR) is 220 cm³/mol. The van der Waals surface area contributed by atoms with Gasteiger partial charge < -0.3 is 20.0 Å². The van der Waals surface area contributed by atoms with Gasteiger partial charge >= 0.3 is 0 Å². The second-order valence-corrected chi connectivity index (χ2v) is 16.0. The number of benzene rings is 4. The van der Waals surface area contributed by atoms with Gasteiger partial charge in [-0.05, 0) is 96.5 Å². The highest BCUT2D eigenvalue weighted by Crippen LogP contribution is 2.46. The van der Waals surface area contributed by atoms with Gasteiger partial charge in [0.15, 0.2) is 0 Å². The summed E-state index contributed by atoms with van der Waals surface area (Å²) in [4.78, 5) is 46.2. The van der Waals surface area contributed by atoms with E-state index in [2.05, 4.69) is 104 Å². The molecule has 4 aliphatic rings. The van der Waals surface area contributed by atoms with Crippen molar-refractivity contribution in [3.8, 4) is 0 Å². The summed E-state index contributed by atoms with van der Waals surface area (Å²) < 4.78 is 0. The average Bonchev–Trinajstić information content (AvgIpc) is 3.22. The number of hydrogen-bond donors (Lipinski definition) is 2. The molecule has 3 atom stereocenters. The summed E-state index contributed by atoms with van der Waals surface area (Å²) in [5.41, 5.74) is 8.70. The summed E-state index contributed by atoms with van der Waals surface area (Å²) in [6, 6.07) is 36.7. The minimum atomic E-state index is -0.463. The highest BCUT2D eigenvalue weighted by atomic mass is 16.2. The molecule has 0 bridgehead atoms. The van der Waals surface area contributed by atoms with E-state index in [0.29, 0.717) is 37.1 Å². The second kappa shape index (κ2) is 16.8. The molecule has 4 aromatic carbocycles. The Morgan fingerprint density at radius 3 is 2.24 bits per heavy atom. The highest BCUT2D eigenvalue weighted by Gasteiger charge is 2.32. The van der Waals surface area contributed by atoms with Gasteiger partial charge in [0.2, 0.25) is 17.7 Å². The van der Waals surface area contributed by atoms with Crippen LogP contribution in [0.3, 0.4) is 0 Å². The first-order valence-electron chi connectivity index (χ1n) is 20.3. The Kier molecular flexibility index (Phi) is 11.3. The number of imide groups is 1. The Labute approximate surface area is 325 Å². The molecule has 9 nitrogen and oxygen atoms in total. The number of amides is 3. The quantitative estimate of drug-likeness (QED) is 0.186. The molecule has 4 aromatic rings. The summed E-state index contributed by atoms with van der Waals surface area (Å²) in [5.74, 6) is 1.06. The maximum atomic E-state index is 13.3. The Morgan fingerprint density at radius 2 is 1.47 bits per heavy atom. The van der Waals surface area contributed by atoms with Crippen molar-refractivity contribution in [2.45, 2.75) is 56.4 Å². The zero-order chi connectivity index (χ0) is 37.7. The Bertz CT molecular complexity index is 1950. The molecule has 3 unspecified atom stereocenters. The number of rotatable bonds is 10. The fraction of sp³-hybridized carbons (Fsp3) is 0.413. The van der Waals surface area contributed by atoms with Crippen LogP contribution >= 0.6 is 0 Å². The third-order valence-corrected chi connectivity index (χ3v) is 12.5. The van der Waals surface area contributed by atoms with Crippen molar-refractivity contribution >= 4 is 34.8 Å². The zero-order valence-electron chi connectivity index (χ0n) is 32.0. The number of hydrogen-bond acceptors (Lipinski definition) is 7. The molecular formula is C46H54N6O3. The van der Waals surface area contributed by atoms with E-state index < -0.39 is 6.04 Å². The van der Waals surface area contributed by atoms with Gasteiger partial charge in [-0.3, -0.25) is 24.6 Å². The average molecular weight is 739 g/mol. The van der Waals surface area contributed by atoms with E-state index in [-0.39, 0.29) is 17.7 Å². The number of piperazine rings is 1. The number of piperidine rings is 2. The van der Waals surface area contributed by atoms with Crippen LogP contribution in [-0.4, -0.2) is 93.0 Å². The fourth-order valence-corrected chi connectivity index (χ4v) is 9.27. The van der Waals surface area contributed by atoms with Crippen LogP contribution in [0, 0.1) is 5.92 Å². The topological polar surface area (TPSA) is 88.2 Å². The number of likely N-dealkylation sites (N-methyl/N-ethyl adjacent to an activating group) is 1. The standard InChI is InChI=1S/C46H54N6O3/c1-49(39-12-7-11-37(30-39)47-42-20-21-43(53)48-46(42)55)44(54)32-51-28-26-50(27-29-51)31-33-22-24-52(25-23-33)38-17-14-36(15-18-38)45-40-13-6-5-10-35(40)16-19-41(45)34-8-3-2-4-9-34/h2-15,17-18,30,33,41-42,45,47H,16,19-29,31-32H2,1H3,(H,48,53,55). The SMILES string of the molecule is CN(C(=O)CN1CCN(CC2CCN(c3ccc(C4c5ccccc5CCC4c4ccccc4)cc3)CC2)CC1)c1cccc(NC2CCC(=O)NC2=O)c1. The molecule has 3 amide bonds. The largest absolute Gasteiger partial charge is 0.374 e. The summed E-state index contributed by atoms with van der Waals surface area (Å²) in [5, 5.41) is 5.60. The van der Waals surface area contributed by atoms with Crippen molar-refractivity contribution in [2.75, 3.05) is 74.5 Å². The van der Waals surface area contributed by atoms with Gasteiger partial charge in [0.1, 0.15) is 6.04 Å². The van der Waals surface area contributed by atoms with Crippen LogP contribution in [-0.2, 0) is 20.8 Å². The monoisotopic (exact) mass is 738 g/mol. The van der Waals surface area contributed by atoms with Crippen LogP contribution in [0.2, 0.25) is 0 Å². The summed E-state index contributed by atoms with van der Waals surface area (Å²) in [6.07, 6.45) is 5.49. The van der Waals surface area contributed by atoms with E-state index in [1.807, 2.05) is 31.3 Å². The first-order chi connectivity index (χ1) is 26.9. The maximum Gasteiger partial charge on any atom is 0.249 e. The van der Waals surface area contributed by atoms with E-state index in [1.165, 1.54) is 47.2 Å². The smallest absolute Gasteiger partial charge is 0.249 e. The molecule has 9 heteroatoms. The minimum absolute atomic E-state index is 0.0478. The van der Waals surface area contributed by atoms with Gasteiger partial charge in [-0.1, -0.05) is 72.8 Å². The Morgan fingerprint density at radius 1 is 0.745 bits per heavy atom. The van der Waals surface area contributed by atoms with Gasteiger partial charge in [-0.25, -0.2) is 0 Å². The van der Waals surface area contributed by atoms with Crippen LogP contribution in [0.25, 0.3) is 0 Å². The zero-order valence-corrected chi connectivity index (χ0v) is 32.0. The lowest BCUT2D eigenvalue weighted by Gasteiger charge is -2.39. The van der Waals surface area contributed by atoms with Crippen LogP contribution in [0.1, 0.15) is 66.2 Å². The molecular weight excluding hydrogens is 685 g/mol.